The van der Waals surface area contributed by atoms with Crippen LogP contribution >= 0.6 is 35.4 Å². The number of aromatic amines is 1. The number of nitrogens with zero attached hydrogens (tertiary/aromatic N) is 4. The average molecular weight is 424 g/mol. The lowest BCUT2D eigenvalue weighted by atomic mass is 10.2. The van der Waals surface area contributed by atoms with Gasteiger partial charge in [0.15, 0.2) is 5.82 Å². The lowest BCUT2D eigenvalue weighted by Crippen LogP contribution is -2.04. The molecule has 0 saturated heterocycles. The molecule has 2 aromatic carbocycles. The number of non-ortho nitro benzene ring substituents is 1. The van der Waals surface area contributed by atoms with Crippen molar-refractivity contribution in [3.63, 3.8) is 0 Å². The molecule has 0 unspecified atom stereocenters. The third-order valence-corrected chi connectivity index (χ3v) is 4.33. The molecular formula is C16H11Cl2N5O3S. The third-order valence-electron chi connectivity index (χ3n) is 3.41. The van der Waals surface area contributed by atoms with E-state index in [4.69, 9.17) is 40.2 Å². The number of benzene rings is 2. The quantitative estimate of drug-likeness (QED) is 0.270. The van der Waals surface area contributed by atoms with Crippen molar-refractivity contribution < 1.29 is 9.66 Å². The zero-order valence-corrected chi connectivity index (χ0v) is 15.8. The fourth-order valence-corrected chi connectivity index (χ4v) is 2.66. The Hall–Kier alpha value is -2.75. The Morgan fingerprint density at radius 2 is 2.07 bits per heavy atom. The number of halogens is 2. The number of nitrogens with one attached hydrogen (secondary N) is 1. The fraction of sp³-hybridized carbons (Fsp3) is 0.0625. The first-order valence-electron chi connectivity index (χ1n) is 7.47. The molecule has 1 heterocycles. The number of nitro benzene ring substituents is 1. The van der Waals surface area contributed by atoms with Crippen LogP contribution in [0.5, 0.6) is 5.75 Å². The molecule has 0 bridgehead atoms. The minimum Gasteiger partial charge on any atom is -0.484 e. The largest absolute Gasteiger partial charge is 0.484 e. The minimum atomic E-state index is -0.514. The van der Waals surface area contributed by atoms with E-state index in [2.05, 4.69) is 15.3 Å². The Bertz CT molecular complexity index is 1080. The van der Waals surface area contributed by atoms with E-state index in [9.17, 15) is 10.1 Å². The van der Waals surface area contributed by atoms with E-state index in [0.29, 0.717) is 27.2 Å². The van der Waals surface area contributed by atoms with Gasteiger partial charge in [-0.3, -0.25) is 10.1 Å². The SMILES string of the molecule is O=[N+]([O-])c1ccc(Cl)c(/C=N/n2c(COc3ccccc3Cl)n[nH]c2=S)c1. The van der Waals surface area contributed by atoms with Gasteiger partial charge in [0, 0.05) is 22.7 Å². The molecule has 1 aromatic heterocycles. The van der Waals surface area contributed by atoms with E-state index in [1.54, 1.807) is 24.3 Å². The van der Waals surface area contributed by atoms with E-state index in [-0.39, 0.29) is 17.1 Å². The van der Waals surface area contributed by atoms with Crippen LogP contribution in [0.25, 0.3) is 0 Å². The molecule has 1 N–H and O–H groups in total. The Kier molecular flexibility index (Phi) is 5.84. The molecule has 0 atom stereocenters. The van der Waals surface area contributed by atoms with Crippen LogP contribution in [0, 0.1) is 14.9 Å². The van der Waals surface area contributed by atoms with Crippen molar-refractivity contribution in [1.29, 1.82) is 0 Å². The molecular weight excluding hydrogens is 413 g/mol. The van der Waals surface area contributed by atoms with Crippen LogP contribution in [0.4, 0.5) is 5.69 Å². The van der Waals surface area contributed by atoms with Crippen molar-refractivity contribution in [3.8, 4) is 5.75 Å². The van der Waals surface area contributed by atoms with Crippen LogP contribution in [0.3, 0.4) is 0 Å². The second-order valence-corrected chi connectivity index (χ2v) is 6.38. The summed E-state index contributed by atoms with van der Waals surface area (Å²) in [5.41, 5.74) is 0.269. The first-order valence-corrected chi connectivity index (χ1v) is 8.64. The van der Waals surface area contributed by atoms with Gasteiger partial charge in [0.05, 0.1) is 16.2 Å². The first kappa shape index (κ1) is 19.0. The van der Waals surface area contributed by atoms with Gasteiger partial charge in [-0.05, 0) is 30.4 Å². The summed E-state index contributed by atoms with van der Waals surface area (Å²) in [5, 5.41) is 22.6. The summed E-state index contributed by atoms with van der Waals surface area (Å²) < 4.78 is 7.19. The van der Waals surface area contributed by atoms with Gasteiger partial charge >= 0.3 is 0 Å². The summed E-state index contributed by atoms with van der Waals surface area (Å²) in [7, 11) is 0. The number of nitro groups is 1. The van der Waals surface area contributed by atoms with Gasteiger partial charge in [0.25, 0.3) is 5.69 Å². The van der Waals surface area contributed by atoms with Crippen molar-refractivity contribution >= 4 is 47.3 Å². The molecule has 138 valence electrons. The molecule has 0 amide bonds. The van der Waals surface area contributed by atoms with Crippen LogP contribution in [0.2, 0.25) is 10.0 Å². The molecule has 0 spiro atoms. The van der Waals surface area contributed by atoms with Crippen LogP contribution in [-0.2, 0) is 6.61 Å². The highest BCUT2D eigenvalue weighted by molar-refractivity contribution is 7.71. The molecule has 0 saturated carbocycles. The van der Waals surface area contributed by atoms with Crippen LogP contribution < -0.4 is 4.74 Å². The summed E-state index contributed by atoms with van der Waals surface area (Å²) >= 11 is 17.3. The highest BCUT2D eigenvalue weighted by Gasteiger charge is 2.10. The number of H-pyrrole nitrogens is 1. The standard InChI is InChI=1S/C16H11Cl2N5O3S/c17-12-6-5-11(23(24)25)7-10(12)8-19-22-15(20-21-16(22)27)9-26-14-4-2-1-3-13(14)18/h1-8H,9H2,(H,21,27)/b19-8+. The number of rotatable bonds is 6. The summed E-state index contributed by atoms with van der Waals surface area (Å²) in [5.74, 6) is 0.878. The predicted octanol–water partition coefficient (Wildman–Crippen LogP) is 4.62. The topological polar surface area (TPSA) is 98.3 Å². The lowest BCUT2D eigenvalue weighted by molar-refractivity contribution is -0.384. The number of hydrogen-bond acceptors (Lipinski definition) is 6. The Morgan fingerprint density at radius 1 is 1.30 bits per heavy atom. The maximum absolute atomic E-state index is 10.9. The smallest absolute Gasteiger partial charge is 0.270 e. The van der Waals surface area contributed by atoms with Crippen molar-refractivity contribution in [2.45, 2.75) is 6.61 Å². The maximum atomic E-state index is 10.9. The molecule has 0 aliphatic carbocycles. The van der Waals surface area contributed by atoms with Crippen molar-refractivity contribution in [2.24, 2.45) is 5.10 Å². The first-order chi connectivity index (χ1) is 13.0. The van der Waals surface area contributed by atoms with Crippen molar-refractivity contribution in [2.75, 3.05) is 0 Å². The third kappa shape index (κ3) is 4.51. The minimum absolute atomic E-state index is 0.0525. The Morgan fingerprint density at radius 3 is 2.81 bits per heavy atom. The van der Waals surface area contributed by atoms with Gasteiger partial charge in [0.2, 0.25) is 4.77 Å². The summed E-state index contributed by atoms with van der Waals surface area (Å²) in [6.07, 6.45) is 1.36. The molecule has 0 aliphatic heterocycles. The molecule has 0 fully saturated rings. The van der Waals surface area contributed by atoms with Gasteiger partial charge < -0.3 is 4.74 Å². The number of ether oxygens (including phenoxy) is 1. The van der Waals surface area contributed by atoms with Gasteiger partial charge in [-0.15, -0.1) is 0 Å². The fourth-order valence-electron chi connectivity index (χ4n) is 2.10. The summed E-state index contributed by atoms with van der Waals surface area (Å²) in [4.78, 5) is 10.4. The van der Waals surface area contributed by atoms with Gasteiger partial charge in [-0.1, -0.05) is 35.3 Å². The van der Waals surface area contributed by atoms with E-state index in [1.165, 1.54) is 29.1 Å². The normalized spacial score (nSPS) is 11.0. The molecule has 27 heavy (non-hydrogen) atoms. The molecule has 0 radical (unpaired) electrons. The average Bonchev–Trinajstić information content (AvgIpc) is 3.00. The summed E-state index contributed by atoms with van der Waals surface area (Å²) in [6.45, 7) is 0.0525. The highest BCUT2D eigenvalue weighted by Crippen LogP contribution is 2.24. The Labute approximate surface area is 168 Å². The van der Waals surface area contributed by atoms with Gasteiger partial charge in [0.1, 0.15) is 12.4 Å². The number of hydrogen-bond donors (Lipinski definition) is 1. The zero-order valence-electron chi connectivity index (χ0n) is 13.5. The van der Waals surface area contributed by atoms with Crippen molar-refractivity contribution in [3.05, 3.63) is 78.8 Å². The maximum Gasteiger partial charge on any atom is 0.270 e. The van der Waals surface area contributed by atoms with E-state index < -0.39 is 4.92 Å². The predicted molar refractivity (Wildman–Crippen MR) is 104 cm³/mol. The van der Waals surface area contributed by atoms with E-state index >= 15 is 0 Å². The number of para-hydroxylation sites is 1. The summed E-state index contributed by atoms with van der Waals surface area (Å²) in [6, 6.07) is 11.1. The molecule has 3 rings (SSSR count). The highest BCUT2D eigenvalue weighted by atomic mass is 35.5. The van der Waals surface area contributed by atoms with Crippen molar-refractivity contribution in [1.82, 2.24) is 14.9 Å². The second kappa shape index (κ2) is 8.30. The second-order valence-electron chi connectivity index (χ2n) is 5.18. The van der Waals surface area contributed by atoms with Gasteiger partial charge in [-0.2, -0.15) is 14.9 Å². The molecule has 3 aromatic rings. The molecule has 8 nitrogen and oxygen atoms in total. The monoisotopic (exact) mass is 423 g/mol. The molecule has 0 aliphatic rings. The van der Waals surface area contributed by atoms with E-state index in [0.717, 1.165) is 0 Å². The Balaban J connectivity index is 1.84. The lowest BCUT2D eigenvalue weighted by Gasteiger charge is -2.07. The zero-order chi connectivity index (χ0) is 19.4. The molecule has 11 heteroatoms. The van der Waals surface area contributed by atoms with Crippen LogP contribution in [0.15, 0.2) is 47.6 Å². The van der Waals surface area contributed by atoms with E-state index in [1.807, 2.05) is 0 Å². The van der Waals surface area contributed by atoms with Gasteiger partial charge in [-0.25, -0.2) is 5.10 Å². The number of aromatic nitrogens is 3. The van der Waals surface area contributed by atoms with Crippen LogP contribution in [-0.4, -0.2) is 26.0 Å². The van der Waals surface area contributed by atoms with Crippen LogP contribution in [0.1, 0.15) is 11.4 Å².